The van der Waals surface area contributed by atoms with Gasteiger partial charge in [0, 0.05) is 17.6 Å². The maximum Gasteiger partial charge on any atom is 0.0409 e. The molecular weight excluding hydrogens is 278 g/mol. The highest BCUT2D eigenvalue weighted by molar-refractivity contribution is 6.30. The van der Waals surface area contributed by atoms with Crippen LogP contribution in [0.5, 0.6) is 0 Å². The van der Waals surface area contributed by atoms with E-state index in [0.717, 1.165) is 11.6 Å². The summed E-state index contributed by atoms with van der Waals surface area (Å²) < 4.78 is 0. The van der Waals surface area contributed by atoms with Crippen LogP contribution in [0.4, 0.5) is 0 Å². The van der Waals surface area contributed by atoms with Crippen molar-refractivity contribution in [3.8, 4) is 0 Å². The monoisotopic (exact) mass is 301 g/mol. The fourth-order valence-electron chi connectivity index (χ4n) is 2.31. The van der Waals surface area contributed by atoms with Gasteiger partial charge in [0.1, 0.15) is 0 Å². The van der Waals surface area contributed by atoms with Crippen molar-refractivity contribution in [2.45, 2.75) is 45.7 Å². The van der Waals surface area contributed by atoms with Crippen LogP contribution in [0.1, 0.15) is 50.4 Å². The summed E-state index contributed by atoms with van der Waals surface area (Å²) in [6, 6.07) is 17.2. The fourth-order valence-corrected chi connectivity index (χ4v) is 2.52. The van der Waals surface area contributed by atoms with Gasteiger partial charge in [0.25, 0.3) is 0 Å². The van der Waals surface area contributed by atoms with E-state index in [1.54, 1.807) is 0 Å². The van der Waals surface area contributed by atoms with Crippen molar-refractivity contribution in [3.05, 3.63) is 70.2 Å². The molecule has 1 nitrogen and oxygen atoms in total. The molecule has 2 aromatic rings. The summed E-state index contributed by atoms with van der Waals surface area (Å²) in [6.45, 7) is 9.73. The van der Waals surface area contributed by atoms with Gasteiger partial charge in [-0.1, -0.05) is 68.8 Å². The topological polar surface area (TPSA) is 12.0 Å². The molecule has 0 fully saturated rings. The number of halogens is 1. The summed E-state index contributed by atoms with van der Waals surface area (Å²) in [6.07, 6.45) is 0. The van der Waals surface area contributed by atoms with Crippen LogP contribution < -0.4 is 5.32 Å². The Hall–Kier alpha value is -1.31. The highest BCUT2D eigenvalue weighted by Gasteiger charge is 2.13. The highest BCUT2D eigenvalue weighted by atomic mass is 35.5. The Kier molecular flexibility index (Phi) is 5.08. The van der Waals surface area contributed by atoms with Gasteiger partial charge in [-0.3, -0.25) is 0 Å². The van der Waals surface area contributed by atoms with E-state index >= 15 is 0 Å². The summed E-state index contributed by atoms with van der Waals surface area (Å²) in [7, 11) is 0. The minimum atomic E-state index is 0.204. The van der Waals surface area contributed by atoms with Gasteiger partial charge in [-0.2, -0.15) is 0 Å². The molecule has 0 spiro atoms. The zero-order valence-corrected chi connectivity index (χ0v) is 14.0. The molecule has 0 saturated heterocycles. The third kappa shape index (κ3) is 4.59. The molecule has 1 N–H and O–H groups in total. The Morgan fingerprint density at radius 1 is 1.05 bits per heavy atom. The molecule has 0 radical (unpaired) electrons. The van der Waals surface area contributed by atoms with E-state index in [2.05, 4.69) is 63.3 Å². The first-order valence-electron chi connectivity index (χ1n) is 7.44. The van der Waals surface area contributed by atoms with Crippen LogP contribution >= 0.6 is 11.6 Å². The molecule has 0 saturated carbocycles. The molecule has 0 amide bonds. The van der Waals surface area contributed by atoms with Crippen LogP contribution in [0.25, 0.3) is 0 Å². The van der Waals surface area contributed by atoms with Crippen LogP contribution in [0.15, 0.2) is 48.5 Å². The van der Waals surface area contributed by atoms with Gasteiger partial charge in [-0.05, 0) is 41.2 Å². The predicted octanol–water partition coefficient (Wildman–Crippen LogP) is 5.49. The molecule has 2 rings (SSSR count). The first-order valence-corrected chi connectivity index (χ1v) is 7.82. The number of hydrogen-bond acceptors (Lipinski definition) is 1. The quantitative estimate of drug-likeness (QED) is 0.787. The standard InChI is InChI=1S/C19H24ClN/c1-14(21-13-15-6-5-7-18(20)12-15)16-8-10-17(11-9-16)19(2,3)4/h5-12,14,21H,13H2,1-4H3. The summed E-state index contributed by atoms with van der Waals surface area (Å²) in [5.74, 6) is 0. The van der Waals surface area contributed by atoms with Gasteiger partial charge < -0.3 is 5.32 Å². The van der Waals surface area contributed by atoms with Crippen molar-refractivity contribution in [3.63, 3.8) is 0 Å². The zero-order valence-electron chi connectivity index (χ0n) is 13.3. The lowest BCUT2D eigenvalue weighted by Gasteiger charge is -2.20. The van der Waals surface area contributed by atoms with Crippen LogP contribution in [0.2, 0.25) is 5.02 Å². The number of hydrogen-bond donors (Lipinski definition) is 1. The molecule has 2 heteroatoms. The van der Waals surface area contributed by atoms with Crippen molar-refractivity contribution < 1.29 is 0 Å². The summed E-state index contributed by atoms with van der Waals surface area (Å²) in [5.41, 5.74) is 4.09. The van der Waals surface area contributed by atoms with E-state index in [4.69, 9.17) is 11.6 Å². The molecule has 0 bridgehead atoms. The Morgan fingerprint density at radius 2 is 1.71 bits per heavy atom. The van der Waals surface area contributed by atoms with E-state index in [1.807, 2.05) is 18.2 Å². The van der Waals surface area contributed by atoms with Crippen LogP contribution in [0.3, 0.4) is 0 Å². The van der Waals surface area contributed by atoms with Crippen molar-refractivity contribution in [2.75, 3.05) is 0 Å². The van der Waals surface area contributed by atoms with E-state index in [0.29, 0.717) is 6.04 Å². The molecule has 1 unspecified atom stereocenters. The van der Waals surface area contributed by atoms with Gasteiger partial charge in [0.05, 0.1) is 0 Å². The predicted molar refractivity (Wildman–Crippen MR) is 91.8 cm³/mol. The van der Waals surface area contributed by atoms with Gasteiger partial charge >= 0.3 is 0 Å². The Balaban J connectivity index is 1.99. The first-order chi connectivity index (χ1) is 9.86. The molecule has 0 aliphatic heterocycles. The van der Waals surface area contributed by atoms with Gasteiger partial charge in [-0.15, -0.1) is 0 Å². The summed E-state index contributed by atoms with van der Waals surface area (Å²) >= 11 is 6.01. The van der Waals surface area contributed by atoms with E-state index < -0.39 is 0 Å². The normalized spacial score (nSPS) is 13.2. The number of nitrogens with one attached hydrogen (secondary N) is 1. The third-order valence-electron chi connectivity index (χ3n) is 3.78. The lowest BCUT2D eigenvalue weighted by molar-refractivity contribution is 0.569. The second-order valence-corrected chi connectivity index (χ2v) is 7.04. The summed E-state index contributed by atoms with van der Waals surface area (Å²) in [5, 5.41) is 4.33. The maximum atomic E-state index is 6.01. The van der Waals surface area contributed by atoms with E-state index in [9.17, 15) is 0 Å². The first kappa shape index (κ1) is 16.1. The molecular formula is C19H24ClN. The largest absolute Gasteiger partial charge is 0.306 e. The van der Waals surface area contributed by atoms with E-state index in [-0.39, 0.29) is 5.41 Å². The Morgan fingerprint density at radius 3 is 2.29 bits per heavy atom. The lowest BCUT2D eigenvalue weighted by atomic mass is 9.86. The Labute approximate surface area is 133 Å². The molecule has 21 heavy (non-hydrogen) atoms. The second kappa shape index (κ2) is 6.64. The molecule has 0 aliphatic rings. The third-order valence-corrected chi connectivity index (χ3v) is 4.01. The molecule has 2 aromatic carbocycles. The molecule has 1 atom stereocenters. The van der Waals surface area contributed by atoms with Crippen LogP contribution in [-0.4, -0.2) is 0 Å². The Bertz CT molecular complexity index is 581. The van der Waals surface area contributed by atoms with Crippen molar-refractivity contribution in [1.29, 1.82) is 0 Å². The minimum Gasteiger partial charge on any atom is -0.306 e. The van der Waals surface area contributed by atoms with Crippen molar-refractivity contribution in [1.82, 2.24) is 5.32 Å². The van der Waals surface area contributed by atoms with E-state index in [1.165, 1.54) is 16.7 Å². The molecule has 112 valence electrons. The van der Waals surface area contributed by atoms with Gasteiger partial charge in [-0.25, -0.2) is 0 Å². The SMILES string of the molecule is CC(NCc1cccc(Cl)c1)c1ccc(C(C)(C)C)cc1. The molecule has 0 aromatic heterocycles. The molecule has 0 heterocycles. The number of rotatable bonds is 4. The fraction of sp³-hybridized carbons (Fsp3) is 0.368. The number of benzene rings is 2. The van der Waals surface area contributed by atoms with Crippen LogP contribution in [0, 0.1) is 0 Å². The second-order valence-electron chi connectivity index (χ2n) is 6.60. The summed E-state index contributed by atoms with van der Waals surface area (Å²) in [4.78, 5) is 0. The lowest BCUT2D eigenvalue weighted by Crippen LogP contribution is -2.18. The van der Waals surface area contributed by atoms with Crippen LogP contribution in [-0.2, 0) is 12.0 Å². The average Bonchev–Trinajstić information content (AvgIpc) is 2.44. The van der Waals surface area contributed by atoms with Crippen molar-refractivity contribution in [2.24, 2.45) is 0 Å². The van der Waals surface area contributed by atoms with Gasteiger partial charge in [0.2, 0.25) is 0 Å². The highest BCUT2D eigenvalue weighted by Crippen LogP contribution is 2.24. The van der Waals surface area contributed by atoms with Crippen molar-refractivity contribution >= 4 is 11.6 Å². The average molecular weight is 302 g/mol. The zero-order chi connectivity index (χ0) is 15.5. The molecule has 0 aliphatic carbocycles. The van der Waals surface area contributed by atoms with Gasteiger partial charge in [0.15, 0.2) is 0 Å². The minimum absolute atomic E-state index is 0.204. The smallest absolute Gasteiger partial charge is 0.0409 e. The maximum absolute atomic E-state index is 6.01.